The SMILES string of the molecule is COc1cc2ncc(-c3cc(C(=O)NCc4cnccn4)n(C)n3)n2cc1S(=O)(=O)C(C)(C)C. The van der Waals surface area contributed by atoms with Crippen LogP contribution >= 0.6 is 0 Å². The van der Waals surface area contributed by atoms with Gasteiger partial charge in [0.25, 0.3) is 5.91 Å². The molecule has 0 unspecified atom stereocenters. The maximum Gasteiger partial charge on any atom is 0.269 e. The summed E-state index contributed by atoms with van der Waals surface area (Å²) in [6, 6.07) is 3.19. The molecule has 1 N–H and O–H groups in total. The summed E-state index contributed by atoms with van der Waals surface area (Å²) in [5, 5.41) is 7.24. The van der Waals surface area contributed by atoms with E-state index in [4.69, 9.17) is 4.74 Å². The van der Waals surface area contributed by atoms with E-state index < -0.39 is 14.6 Å². The quantitative estimate of drug-likeness (QED) is 0.440. The van der Waals surface area contributed by atoms with Crippen molar-refractivity contribution in [2.24, 2.45) is 7.05 Å². The van der Waals surface area contributed by atoms with Crippen molar-refractivity contribution in [1.29, 1.82) is 0 Å². The Bertz CT molecular complexity index is 1470. The van der Waals surface area contributed by atoms with E-state index in [1.54, 1.807) is 69.1 Å². The first-order valence-electron chi connectivity index (χ1n) is 10.4. The van der Waals surface area contributed by atoms with Crippen molar-refractivity contribution in [2.45, 2.75) is 37.0 Å². The van der Waals surface area contributed by atoms with Gasteiger partial charge in [0, 0.05) is 31.7 Å². The van der Waals surface area contributed by atoms with Gasteiger partial charge in [-0.25, -0.2) is 13.4 Å². The molecule has 4 aromatic heterocycles. The first kappa shape index (κ1) is 23.4. The number of aromatic nitrogens is 6. The van der Waals surface area contributed by atoms with E-state index in [0.29, 0.717) is 28.4 Å². The highest BCUT2D eigenvalue weighted by Crippen LogP contribution is 2.34. The first-order valence-corrected chi connectivity index (χ1v) is 11.9. The van der Waals surface area contributed by atoms with Gasteiger partial charge in [0.1, 0.15) is 27.7 Å². The second-order valence-electron chi connectivity index (χ2n) is 8.61. The standard InChI is InChI=1S/C22H25N7O4S/c1-22(2,3)34(31,32)19-13-29-17(12-25-20(29)9-18(19)33-5)15-8-16(28(4)27-15)21(30)26-11-14-10-23-6-7-24-14/h6-10,12-13H,11H2,1-5H3,(H,26,30). The normalized spacial score (nSPS) is 12.1. The lowest BCUT2D eigenvalue weighted by molar-refractivity contribution is 0.0941. The molecule has 0 spiro atoms. The lowest BCUT2D eigenvalue weighted by Crippen LogP contribution is -2.28. The van der Waals surface area contributed by atoms with Crippen LogP contribution in [0.1, 0.15) is 37.0 Å². The predicted octanol–water partition coefficient (Wildman–Crippen LogP) is 2.04. The fourth-order valence-electron chi connectivity index (χ4n) is 3.36. The second kappa shape index (κ2) is 8.52. The van der Waals surface area contributed by atoms with Crippen LogP contribution in [0, 0.1) is 0 Å². The number of nitrogens with one attached hydrogen (secondary N) is 1. The summed E-state index contributed by atoms with van der Waals surface area (Å²) in [5.74, 6) is -0.122. The Morgan fingerprint density at radius 3 is 2.56 bits per heavy atom. The molecular weight excluding hydrogens is 458 g/mol. The number of rotatable bonds is 6. The number of nitrogens with zero attached hydrogens (tertiary/aromatic N) is 6. The average molecular weight is 484 g/mol. The zero-order valence-electron chi connectivity index (χ0n) is 19.5. The Kier molecular flexibility index (Phi) is 5.86. The van der Waals surface area contributed by atoms with E-state index in [0.717, 1.165) is 0 Å². The summed E-state index contributed by atoms with van der Waals surface area (Å²) in [6.45, 7) is 5.11. The topological polar surface area (TPSA) is 133 Å². The molecule has 0 fully saturated rings. The van der Waals surface area contributed by atoms with Gasteiger partial charge in [0.2, 0.25) is 0 Å². The van der Waals surface area contributed by atoms with Crippen LogP contribution in [0.2, 0.25) is 0 Å². The molecule has 0 aromatic carbocycles. The monoisotopic (exact) mass is 483 g/mol. The van der Waals surface area contributed by atoms with Gasteiger partial charge in [-0.15, -0.1) is 0 Å². The highest BCUT2D eigenvalue weighted by molar-refractivity contribution is 7.92. The molecule has 0 radical (unpaired) electrons. The van der Waals surface area contributed by atoms with Crippen LogP contribution in [0.3, 0.4) is 0 Å². The minimum Gasteiger partial charge on any atom is -0.495 e. The van der Waals surface area contributed by atoms with Crippen LogP contribution in [-0.4, -0.2) is 55.3 Å². The van der Waals surface area contributed by atoms with E-state index in [2.05, 4.69) is 25.4 Å². The van der Waals surface area contributed by atoms with Gasteiger partial charge >= 0.3 is 0 Å². The van der Waals surface area contributed by atoms with Gasteiger partial charge in [-0.2, -0.15) is 5.10 Å². The van der Waals surface area contributed by atoms with Crippen LogP contribution in [0.15, 0.2) is 48.0 Å². The maximum absolute atomic E-state index is 13.2. The van der Waals surface area contributed by atoms with Crippen molar-refractivity contribution in [1.82, 2.24) is 34.4 Å². The number of fused-ring (bicyclic) bond motifs is 1. The van der Waals surface area contributed by atoms with E-state index in [9.17, 15) is 13.2 Å². The Balaban J connectivity index is 1.72. The molecule has 4 rings (SSSR count). The van der Waals surface area contributed by atoms with Crippen molar-refractivity contribution in [3.63, 3.8) is 0 Å². The zero-order valence-corrected chi connectivity index (χ0v) is 20.3. The molecule has 0 saturated carbocycles. The van der Waals surface area contributed by atoms with Gasteiger partial charge < -0.3 is 10.1 Å². The molecule has 178 valence electrons. The summed E-state index contributed by atoms with van der Waals surface area (Å²) in [5.41, 5.74) is 2.43. The lowest BCUT2D eigenvalue weighted by Gasteiger charge is -2.21. The van der Waals surface area contributed by atoms with Crippen molar-refractivity contribution >= 4 is 21.4 Å². The Morgan fingerprint density at radius 1 is 1.15 bits per heavy atom. The molecule has 0 aliphatic rings. The molecule has 1 amide bonds. The Hall–Kier alpha value is -3.80. The van der Waals surface area contributed by atoms with Gasteiger partial charge in [-0.05, 0) is 26.8 Å². The Morgan fingerprint density at radius 2 is 1.91 bits per heavy atom. The zero-order chi connectivity index (χ0) is 24.7. The molecule has 34 heavy (non-hydrogen) atoms. The summed E-state index contributed by atoms with van der Waals surface area (Å²) in [6.07, 6.45) is 7.75. The summed E-state index contributed by atoms with van der Waals surface area (Å²) in [4.78, 5) is 25.3. The van der Waals surface area contributed by atoms with E-state index in [1.807, 2.05) is 0 Å². The summed E-state index contributed by atoms with van der Waals surface area (Å²) in [7, 11) is -0.638. The summed E-state index contributed by atoms with van der Waals surface area (Å²) < 4.78 is 33.8. The van der Waals surface area contributed by atoms with Gasteiger partial charge in [0.05, 0.1) is 42.2 Å². The van der Waals surface area contributed by atoms with Crippen LogP contribution in [0.5, 0.6) is 5.75 Å². The van der Waals surface area contributed by atoms with Gasteiger partial charge in [0.15, 0.2) is 9.84 Å². The minimum absolute atomic E-state index is 0.0483. The van der Waals surface area contributed by atoms with Crippen LogP contribution in [0.4, 0.5) is 0 Å². The van der Waals surface area contributed by atoms with Gasteiger partial charge in [-0.1, -0.05) is 0 Å². The number of imidazole rings is 1. The molecule has 0 saturated heterocycles. The molecule has 0 aliphatic carbocycles. The largest absolute Gasteiger partial charge is 0.495 e. The number of hydrogen-bond acceptors (Lipinski definition) is 8. The van der Waals surface area contributed by atoms with E-state index >= 15 is 0 Å². The van der Waals surface area contributed by atoms with Crippen LogP contribution in [0.25, 0.3) is 17.0 Å². The number of aryl methyl sites for hydroxylation is 1. The molecule has 4 heterocycles. The number of methoxy groups -OCH3 is 1. The summed E-state index contributed by atoms with van der Waals surface area (Å²) >= 11 is 0. The smallest absolute Gasteiger partial charge is 0.269 e. The number of pyridine rings is 1. The molecule has 4 aromatic rings. The molecule has 0 aliphatic heterocycles. The van der Waals surface area contributed by atoms with Crippen molar-refractivity contribution in [2.75, 3.05) is 7.11 Å². The molecular formula is C22H25N7O4S. The fourth-order valence-corrected chi connectivity index (χ4v) is 4.67. The number of carbonyl (C=O) groups is 1. The highest BCUT2D eigenvalue weighted by Gasteiger charge is 2.34. The van der Waals surface area contributed by atoms with E-state index in [-0.39, 0.29) is 23.1 Å². The van der Waals surface area contributed by atoms with Crippen LogP contribution in [-0.2, 0) is 23.4 Å². The molecule has 11 nitrogen and oxygen atoms in total. The maximum atomic E-state index is 13.2. The third kappa shape index (κ3) is 4.12. The molecule has 0 atom stereocenters. The van der Waals surface area contributed by atoms with Crippen molar-refractivity contribution in [3.8, 4) is 17.1 Å². The second-order valence-corrected chi connectivity index (χ2v) is 11.3. The molecule has 12 heteroatoms. The number of sulfone groups is 1. The van der Waals surface area contributed by atoms with E-state index in [1.165, 1.54) is 18.0 Å². The van der Waals surface area contributed by atoms with Crippen molar-refractivity contribution in [3.05, 3.63) is 54.5 Å². The van der Waals surface area contributed by atoms with Gasteiger partial charge in [-0.3, -0.25) is 23.8 Å². The van der Waals surface area contributed by atoms with Crippen molar-refractivity contribution < 1.29 is 17.9 Å². The minimum atomic E-state index is -3.71. The third-order valence-corrected chi connectivity index (χ3v) is 7.81. The average Bonchev–Trinajstić information content (AvgIpc) is 3.39. The number of ether oxygens (including phenoxy) is 1. The molecule has 0 bridgehead atoms. The number of carbonyl (C=O) groups excluding carboxylic acids is 1. The fraction of sp³-hybridized carbons (Fsp3) is 0.318. The first-order chi connectivity index (χ1) is 16.0. The highest BCUT2D eigenvalue weighted by atomic mass is 32.2. The lowest BCUT2D eigenvalue weighted by atomic mass is 10.2. The number of amides is 1. The third-order valence-electron chi connectivity index (χ3n) is 5.31. The Labute approximate surface area is 196 Å². The van der Waals surface area contributed by atoms with Crippen LogP contribution < -0.4 is 10.1 Å². The predicted molar refractivity (Wildman–Crippen MR) is 124 cm³/mol. The number of hydrogen-bond donors (Lipinski definition) is 1.